The van der Waals surface area contributed by atoms with Crippen molar-refractivity contribution in [2.24, 2.45) is 5.92 Å². The molecule has 0 atom stereocenters. The summed E-state index contributed by atoms with van der Waals surface area (Å²) >= 11 is 0. The number of aryl methyl sites for hydroxylation is 2. The summed E-state index contributed by atoms with van der Waals surface area (Å²) in [6, 6.07) is 10.7. The summed E-state index contributed by atoms with van der Waals surface area (Å²) in [6.45, 7) is 2.85. The molecule has 178 valence electrons. The van der Waals surface area contributed by atoms with Crippen LogP contribution in [0.1, 0.15) is 30.4 Å². The highest BCUT2D eigenvalue weighted by atomic mass is 32.2. The van der Waals surface area contributed by atoms with E-state index in [1.807, 2.05) is 6.92 Å². The highest BCUT2D eigenvalue weighted by molar-refractivity contribution is 7.89. The van der Waals surface area contributed by atoms with Gasteiger partial charge in [-0.1, -0.05) is 17.7 Å². The van der Waals surface area contributed by atoms with Crippen molar-refractivity contribution in [2.75, 3.05) is 24.5 Å². The minimum absolute atomic E-state index is 0.118. The topological polar surface area (TPSA) is 66.9 Å². The number of halogens is 3. The molecule has 0 aromatic heterocycles. The SMILES string of the molecule is Cc1ccc(S(=O)(=O)N2CCC(C(=O)N3CCCc4cc(OC(F)(F)F)ccc43)CC2)cc1. The monoisotopic (exact) mass is 482 g/mol. The van der Waals surface area contributed by atoms with Gasteiger partial charge in [-0.15, -0.1) is 13.2 Å². The molecule has 0 N–H and O–H groups in total. The van der Waals surface area contributed by atoms with E-state index in [9.17, 15) is 26.4 Å². The highest BCUT2D eigenvalue weighted by Gasteiger charge is 2.36. The number of anilines is 1. The van der Waals surface area contributed by atoms with Crippen LogP contribution in [-0.4, -0.2) is 44.6 Å². The van der Waals surface area contributed by atoms with Crippen molar-refractivity contribution in [3.05, 3.63) is 53.6 Å². The predicted octanol–water partition coefficient (Wildman–Crippen LogP) is 4.27. The molecule has 2 heterocycles. The Kier molecular flexibility index (Phi) is 6.41. The molecule has 1 amide bonds. The number of alkyl halides is 3. The van der Waals surface area contributed by atoms with E-state index in [0.717, 1.165) is 5.56 Å². The maximum Gasteiger partial charge on any atom is 0.573 e. The molecular weight excluding hydrogens is 457 g/mol. The Labute approximate surface area is 191 Å². The number of piperidine rings is 1. The third-order valence-corrected chi connectivity index (χ3v) is 8.04. The largest absolute Gasteiger partial charge is 0.573 e. The van der Waals surface area contributed by atoms with E-state index in [-0.39, 0.29) is 35.6 Å². The lowest BCUT2D eigenvalue weighted by atomic mass is 9.94. The molecule has 0 spiro atoms. The third kappa shape index (κ3) is 5.16. The number of hydrogen-bond donors (Lipinski definition) is 0. The fourth-order valence-electron chi connectivity index (χ4n) is 4.42. The van der Waals surface area contributed by atoms with Gasteiger partial charge in [-0.2, -0.15) is 4.31 Å². The number of ether oxygens (including phenoxy) is 1. The lowest BCUT2D eigenvalue weighted by molar-refractivity contribution is -0.274. The number of nitrogens with zero attached hydrogens (tertiary/aromatic N) is 2. The van der Waals surface area contributed by atoms with Crippen LogP contribution in [0, 0.1) is 12.8 Å². The number of fused-ring (bicyclic) bond motifs is 1. The van der Waals surface area contributed by atoms with Crippen LogP contribution in [0.15, 0.2) is 47.4 Å². The lowest BCUT2D eigenvalue weighted by Gasteiger charge is -2.36. The molecule has 1 fully saturated rings. The number of rotatable bonds is 4. The zero-order valence-corrected chi connectivity index (χ0v) is 19.0. The third-order valence-electron chi connectivity index (χ3n) is 6.13. The predicted molar refractivity (Wildman–Crippen MR) is 116 cm³/mol. The van der Waals surface area contributed by atoms with E-state index >= 15 is 0 Å². The molecule has 33 heavy (non-hydrogen) atoms. The van der Waals surface area contributed by atoms with Crippen LogP contribution in [-0.2, 0) is 21.2 Å². The molecule has 0 radical (unpaired) electrons. The molecule has 2 aliphatic rings. The first kappa shape index (κ1) is 23.6. The summed E-state index contributed by atoms with van der Waals surface area (Å²) in [5, 5.41) is 0. The zero-order valence-electron chi connectivity index (χ0n) is 18.1. The van der Waals surface area contributed by atoms with E-state index in [0.29, 0.717) is 43.5 Å². The quantitative estimate of drug-likeness (QED) is 0.653. The minimum Gasteiger partial charge on any atom is -0.406 e. The Hall–Kier alpha value is -2.59. The summed E-state index contributed by atoms with van der Waals surface area (Å²) in [6.07, 6.45) is -2.79. The summed E-state index contributed by atoms with van der Waals surface area (Å²) < 4.78 is 68.8. The maximum atomic E-state index is 13.2. The molecular formula is C23H25F3N2O4S. The van der Waals surface area contributed by atoms with E-state index < -0.39 is 16.4 Å². The standard InChI is InChI=1S/C23H25F3N2O4S/c1-16-4-7-20(8-5-16)33(30,31)27-13-10-17(11-14-27)22(29)28-12-2-3-18-15-19(6-9-21(18)28)32-23(24,25)26/h4-9,15,17H,2-3,10-14H2,1H3. The van der Waals surface area contributed by atoms with E-state index in [1.54, 1.807) is 29.2 Å². The normalized spacial score (nSPS) is 18.1. The number of sulfonamides is 1. The van der Waals surface area contributed by atoms with Gasteiger partial charge in [0.2, 0.25) is 15.9 Å². The first-order valence-electron chi connectivity index (χ1n) is 10.8. The Morgan fingerprint density at radius 3 is 2.33 bits per heavy atom. The van der Waals surface area contributed by atoms with Crippen molar-refractivity contribution in [3.63, 3.8) is 0 Å². The second-order valence-corrected chi connectivity index (χ2v) is 10.4. The Bertz CT molecular complexity index is 1130. The van der Waals surface area contributed by atoms with Gasteiger partial charge >= 0.3 is 6.36 Å². The van der Waals surface area contributed by atoms with Crippen LogP contribution >= 0.6 is 0 Å². The molecule has 0 aliphatic carbocycles. The second-order valence-electron chi connectivity index (χ2n) is 8.42. The van der Waals surface area contributed by atoms with Gasteiger partial charge in [0.1, 0.15) is 5.75 Å². The van der Waals surface area contributed by atoms with Crippen LogP contribution in [0.3, 0.4) is 0 Å². The maximum absolute atomic E-state index is 13.2. The van der Waals surface area contributed by atoms with Crippen LogP contribution < -0.4 is 9.64 Å². The number of amides is 1. The molecule has 0 saturated carbocycles. The smallest absolute Gasteiger partial charge is 0.406 e. The number of carbonyl (C=O) groups is 1. The van der Waals surface area contributed by atoms with Crippen LogP contribution in [0.4, 0.5) is 18.9 Å². The molecule has 4 rings (SSSR count). The van der Waals surface area contributed by atoms with Crippen LogP contribution in [0.5, 0.6) is 5.75 Å². The van der Waals surface area contributed by atoms with Crippen molar-refractivity contribution >= 4 is 21.6 Å². The molecule has 0 bridgehead atoms. The summed E-state index contributed by atoms with van der Waals surface area (Å²) in [7, 11) is -3.62. The first-order chi connectivity index (χ1) is 15.5. The highest BCUT2D eigenvalue weighted by Crippen LogP contribution is 2.35. The fraction of sp³-hybridized carbons (Fsp3) is 0.435. The fourth-order valence-corrected chi connectivity index (χ4v) is 5.89. The zero-order chi connectivity index (χ0) is 23.8. The Morgan fingerprint density at radius 2 is 1.70 bits per heavy atom. The summed E-state index contributed by atoms with van der Waals surface area (Å²) in [4.78, 5) is 15.1. The Morgan fingerprint density at radius 1 is 1.03 bits per heavy atom. The van der Waals surface area contributed by atoms with Gasteiger partial charge in [0.15, 0.2) is 0 Å². The average molecular weight is 483 g/mol. The molecule has 2 aromatic carbocycles. The molecule has 6 nitrogen and oxygen atoms in total. The molecule has 0 unspecified atom stereocenters. The molecule has 2 aliphatic heterocycles. The lowest BCUT2D eigenvalue weighted by Crippen LogP contribution is -2.45. The molecule has 2 aromatic rings. The van der Waals surface area contributed by atoms with Gasteiger partial charge in [-0.3, -0.25) is 4.79 Å². The van der Waals surface area contributed by atoms with Gasteiger partial charge in [0.05, 0.1) is 4.90 Å². The van der Waals surface area contributed by atoms with Crippen molar-refractivity contribution in [1.82, 2.24) is 4.31 Å². The van der Waals surface area contributed by atoms with Crippen molar-refractivity contribution in [1.29, 1.82) is 0 Å². The summed E-state index contributed by atoms with van der Waals surface area (Å²) in [5.74, 6) is -0.760. The van der Waals surface area contributed by atoms with Crippen molar-refractivity contribution in [2.45, 2.75) is 43.9 Å². The van der Waals surface area contributed by atoms with Gasteiger partial charge < -0.3 is 9.64 Å². The Balaban J connectivity index is 1.44. The molecule has 1 saturated heterocycles. The summed E-state index contributed by atoms with van der Waals surface area (Å²) in [5.41, 5.74) is 2.20. The number of benzene rings is 2. The molecule has 10 heteroatoms. The van der Waals surface area contributed by atoms with Crippen LogP contribution in [0.2, 0.25) is 0 Å². The van der Waals surface area contributed by atoms with Gasteiger partial charge in [-0.25, -0.2) is 8.42 Å². The first-order valence-corrected chi connectivity index (χ1v) is 12.3. The minimum atomic E-state index is -4.77. The van der Waals surface area contributed by atoms with E-state index in [4.69, 9.17) is 0 Å². The number of hydrogen-bond acceptors (Lipinski definition) is 4. The van der Waals surface area contributed by atoms with Gasteiger partial charge in [-0.05, 0) is 68.5 Å². The average Bonchev–Trinajstić information content (AvgIpc) is 2.77. The van der Waals surface area contributed by atoms with Gasteiger partial charge in [0.25, 0.3) is 0 Å². The van der Waals surface area contributed by atoms with Crippen molar-refractivity contribution in [3.8, 4) is 5.75 Å². The van der Waals surface area contributed by atoms with Crippen molar-refractivity contribution < 1.29 is 31.1 Å². The second kappa shape index (κ2) is 8.98. The van der Waals surface area contributed by atoms with Crippen LogP contribution in [0.25, 0.3) is 0 Å². The number of carbonyl (C=O) groups excluding carboxylic acids is 1. The van der Waals surface area contributed by atoms with E-state index in [2.05, 4.69) is 4.74 Å². The van der Waals surface area contributed by atoms with Gasteiger partial charge in [0, 0.05) is 31.2 Å². The van der Waals surface area contributed by atoms with E-state index in [1.165, 1.54) is 22.5 Å².